The van der Waals surface area contributed by atoms with E-state index in [2.05, 4.69) is 20.9 Å². The topological polar surface area (TPSA) is 90.6 Å². The van der Waals surface area contributed by atoms with E-state index in [0.717, 1.165) is 3.79 Å². The number of aromatic nitrogens is 1. The highest BCUT2D eigenvalue weighted by Crippen LogP contribution is 2.29. The third-order valence-corrected chi connectivity index (χ3v) is 7.98. The molecule has 1 saturated heterocycles. The molecule has 1 amide bonds. The van der Waals surface area contributed by atoms with Gasteiger partial charge in [-0.25, -0.2) is 8.42 Å². The van der Waals surface area contributed by atoms with Crippen LogP contribution in [0.25, 0.3) is 0 Å². The Hall–Kier alpha value is -1.49. The fraction of sp³-hybridized carbons (Fsp3) is 0.333. The van der Waals surface area contributed by atoms with Crippen LogP contribution >= 0.6 is 27.3 Å². The predicted molar refractivity (Wildman–Crippen MR) is 97.5 cm³/mol. The van der Waals surface area contributed by atoms with Crippen LogP contribution in [0.15, 0.2) is 32.4 Å². The highest BCUT2D eigenvalue weighted by molar-refractivity contribution is 9.11. The monoisotopic (exact) mass is 445 g/mol. The lowest BCUT2D eigenvalue weighted by atomic mass is 10.2. The maximum atomic E-state index is 12.6. The number of nitrogens with zero attached hydrogens (tertiary/aromatic N) is 2. The van der Waals surface area contributed by atoms with E-state index in [9.17, 15) is 18.0 Å². The van der Waals surface area contributed by atoms with E-state index < -0.39 is 10.0 Å². The first kappa shape index (κ1) is 18.3. The molecule has 2 aromatic rings. The van der Waals surface area contributed by atoms with Gasteiger partial charge >= 0.3 is 0 Å². The van der Waals surface area contributed by atoms with Gasteiger partial charge in [-0.1, -0.05) is 0 Å². The van der Waals surface area contributed by atoms with Crippen LogP contribution < -0.4 is 0 Å². The Bertz CT molecular complexity index is 911. The van der Waals surface area contributed by atoms with E-state index in [4.69, 9.17) is 0 Å². The number of H-pyrrole nitrogens is 1. The summed E-state index contributed by atoms with van der Waals surface area (Å²) in [5.41, 5.74) is 0.788. The Morgan fingerprint density at radius 3 is 2.40 bits per heavy atom. The lowest BCUT2D eigenvalue weighted by Gasteiger charge is -2.33. The number of hydrogen-bond acceptors (Lipinski definition) is 5. The van der Waals surface area contributed by atoms with Crippen molar-refractivity contribution in [3.05, 3.63) is 39.4 Å². The largest absolute Gasteiger partial charge is 0.356 e. The first-order valence-corrected chi connectivity index (χ1v) is 10.6. The minimum Gasteiger partial charge on any atom is -0.356 e. The van der Waals surface area contributed by atoms with Crippen LogP contribution in [0.5, 0.6) is 0 Å². The van der Waals surface area contributed by atoms with Crippen LogP contribution in [-0.2, 0) is 10.0 Å². The number of piperazine rings is 1. The second-order valence-corrected chi connectivity index (χ2v) is 10.2. The number of carbonyl (C=O) groups excluding carboxylic acids is 2. The third kappa shape index (κ3) is 3.71. The second-order valence-electron chi connectivity index (χ2n) is 5.61. The quantitative estimate of drug-likeness (QED) is 0.730. The van der Waals surface area contributed by atoms with Gasteiger partial charge in [-0.2, -0.15) is 4.31 Å². The van der Waals surface area contributed by atoms with Gasteiger partial charge in [-0.15, -0.1) is 11.3 Å². The molecule has 1 aliphatic heterocycles. The summed E-state index contributed by atoms with van der Waals surface area (Å²) in [5, 5.41) is 0. The fourth-order valence-corrected chi connectivity index (χ4v) is 6.17. The van der Waals surface area contributed by atoms with Gasteiger partial charge in [-0.05, 0) is 41.1 Å². The molecule has 3 heterocycles. The highest BCUT2D eigenvalue weighted by Gasteiger charge is 2.31. The van der Waals surface area contributed by atoms with E-state index >= 15 is 0 Å². The summed E-state index contributed by atoms with van der Waals surface area (Å²) in [4.78, 5) is 28.2. The van der Waals surface area contributed by atoms with Gasteiger partial charge < -0.3 is 9.88 Å². The summed E-state index contributed by atoms with van der Waals surface area (Å²) in [5.74, 6) is -0.350. The number of thiophene rings is 1. The normalized spacial score (nSPS) is 16.2. The SMILES string of the molecule is CC(=O)c1c[nH]c(C(=O)N2CCN(S(=O)(=O)c3ccc(Br)s3)CC2)c1. The van der Waals surface area contributed by atoms with Crippen LogP contribution in [0.1, 0.15) is 27.8 Å². The van der Waals surface area contributed by atoms with Crippen LogP contribution in [0.3, 0.4) is 0 Å². The molecule has 1 fully saturated rings. The molecule has 1 aliphatic rings. The molecule has 7 nitrogen and oxygen atoms in total. The molecule has 3 rings (SSSR count). The highest BCUT2D eigenvalue weighted by atomic mass is 79.9. The molecule has 134 valence electrons. The van der Waals surface area contributed by atoms with E-state index in [1.807, 2.05) is 0 Å². The Labute approximate surface area is 157 Å². The third-order valence-electron chi connectivity index (χ3n) is 3.99. The van der Waals surface area contributed by atoms with Gasteiger partial charge in [0.1, 0.15) is 9.90 Å². The van der Waals surface area contributed by atoms with E-state index in [-0.39, 0.29) is 29.0 Å². The summed E-state index contributed by atoms with van der Waals surface area (Å²) >= 11 is 4.44. The molecule has 0 aromatic carbocycles. The Balaban J connectivity index is 1.67. The van der Waals surface area contributed by atoms with Gasteiger partial charge in [0.2, 0.25) is 0 Å². The molecule has 1 N–H and O–H groups in total. The number of amides is 1. The Kier molecular flexibility index (Phi) is 5.14. The zero-order valence-electron chi connectivity index (χ0n) is 13.4. The standard InChI is InChI=1S/C15H16BrN3O4S2/c1-10(20)11-8-12(17-9-11)15(21)18-4-6-19(7-5-18)25(22,23)14-3-2-13(16)24-14/h2-3,8-9,17H,4-7H2,1H3. The van der Waals surface area contributed by atoms with Crippen molar-refractivity contribution in [3.8, 4) is 0 Å². The van der Waals surface area contributed by atoms with Crippen LogP contribution in [0.4, 0.5) is 0 Å². The predicted octanol–water partition coefficient (Wildman–Crippen LogP) is 2.19. The summed E-state index contributed by atoms with van der Waals surface area (Å²) in [6.07, 6.45) is 1.50. The first-order chi connectivity index (χ1) is 11.8. The van der Waals surface area contributed by atoms with Crippen molar-refractivity contribution in [1.29, 1.82) is 0 Å². The molecule has 25 heavy (non-hydrogen) atoms. The molecule has 0 atom stereocenters. The second kappa shape index (κ2) is 7.02. The van der Waals surface area contributed by atoms with Crippen LogP contribution in [0, 0.1) is 0 Å². The number of halogens is 1. The average Bonchev–Trinajstić information content (AvgIpc) is 3.23. The molecule has 0 unspecified atom stereocenters. The lowest BCUT2D eigenvalue weighted by Crippen LogP contribution is -2.50. The van der Waals surface area contributed by atoms with E-state index in [0.29, 0.717) is 24.3 Å². The fourth-order valence-electron chi connectivity index (χ4n) is 2.59. The molecular weight excluding hydrogens is 430 g/mol. The number of aromatic amines is 1. The van der Waals surface area contributed by atoms with E-state index in [1.165, 1.54) is 34.8 Å². The van der Waals surface area contributed by atoms with Crippen molar-refractivity contribution in [1.82, 2.24) is 14.2 Å². The van der Waals surface area contributed by atoms with Gasteiger partial charge in [0.05, 0.1) is 3.79 Å². The van der Waals surface area contributed by atoms with E-state index in [1.54, 1.807) is 17.0 Å². The minimum atomic E-state index is -3.53. The summed E-state index contributed by atoms with van der Waals surface area (Å²) in [6.45, 7) is 2.52. The van der Waals surface area contributed by atoms with Gasteiger partial charge in [0.15, 0.2) is 5.78 Å². The summed E-state index contributed by atoms with van der Waals surface area (Å²) in [7, 11) is -3.53. The van der Waals surface area contributed by atoms with Crippen molar-refractivity contribution in [3.63, 3.8) is 0 Å². The molecule has 0 aliphatic carbocycles. The zero-order valence-corrected chi connectivity index (χ0v) is 16.6. The number of nitrogens with one attached hydrogen (secondary N) is 1. The lowest BCUT2D eigenvalue weighted by molar-refractivity contribution is 0.0693. The summed E-state index contributed by atoms with van der Waals surface area (Å²) in [6, 6.07) is 4.80. The molecular formula is C15H16BrN3O4S2. The summed E-state index contributed by atoms with van der Waals surface area (Å²) < 4.78 is 27.6. The number of ketones is 1. The Morgan fingerprint density at radius 1 is 1.20 bits per heavy atom. The van der Waals surface area contributed by atoms with Gasteiger partial charge in [0.25, 0.3) is 15.9 Å². The molecule has 0 spiro atoms. The Morgan fingerprint density at radius 2 is 1.88 bits per heavy atom. The molecule has 10 heteroatoms. The van der Waals surface area contributed by atoms with Crippen molar-refractivity contribution in [2.45, 2.75) is 11.1 Å². The smallest absolute Gasteiger partial charge is 0.270 e. The maximum Gasteiger partial charge on any atom is 0.270 e. The molecule has 0 radical (unpaired) electrons. The molecule has 2 aromatic heterocycles. The first-order valence-electron chi connectivity index (χ1n) is 7.53. The number of sulfonamides is 1. The van der Waals surface area contributed by atoms with Gasteiger partial charge in [0, 0.05) is 37.9 Å². The van der Waals surface area contributed by atoms with Crippen LogP contribution in [0.2, 0.25) is 0 Å². The van der Waals surface area contributed by atoms with Crippen molar-refractivity contribution >= 4 is 49.0 Å². The molecule has 0 saturated carbocycles. The number of hydrogen-bond donors (Lipinski definition) is 1. The number of Topliss-reactive ketones (excluding diaryl/α,β-unsaturated/α-hetero) is 1. The molecule has 0 bridgehead atoms. The number of carbonyl (C=O) groups is 2. The average molecular weight is 446 g/mol. The zero-order chi connectivity index (χ0) is 18.2. The number of rotatable bonds is 4. The van der Waals surface area contributed by atoms with Crippen molar-refractivity contribution in [2.75, 3.05) is 26.2 Å². The maximum absolute atomic E-state index is 12.6. The minimum absolute atomic E-state index is 0.117. The van der Waals surface area contributed by atoms with Crippen molar-refractivity contribution in [2.24, 2.45) is 0 Å². The van der Waals surface area contributed by atoms with Crippen LogP contribution in [-0.4, -0.2) is 60.5 Å². The van der Waals surface area contributed by atoms with Crippen molar-refractivity contribution < 1.29 is 18.0 Å². The van der Waals surface area contributed by atoms with Gasteiger partial charge in [-0.3, -0.25) is 9.59 Å².